The molecule has 1 heterocycles. The van der Waals surface area contributed by atoms with Gasteiger partial charge in [-0.2, -0.15) is 0 Å². The smallest absolute Gasteiger partial charge is 0.250 e. The van der Waals surface area contributed by atoms with Crippen LogP contribution in [0.1, 0.15) is 32.3 Å². The third-order valence-corrected chi connectivity index (χ3v) is 3.92. The highest BCUT2D eigenvalue weighted by Crippen LogP contribution is 2.28. The van der Waals surface area contributed by atoms with Crippen LogP contribution in [0.5, 0.6) is 5.75 Å². The van der Waals surface area contributed by atoms with Crippen molar-refractivity contribution in [2.45, 2.75) is 26.7 Å². The fourth-order valence-electron chi connectivity index (χ4n) is 2.21. The van der Waals surface area contributed by atoms with Crippen LogP contribution >= 0.6 is 11.6 Å². The second kappa shape index (κ2) is 6.80. The molecule has 0 aromatic heterocycles. The topological polar surface area (TPSA) is 38.3 Å². The van der Waals surface area contributed by atoms with Gasteiger partial charge < -0.3 is 10.1 Å². The lowest BCUT2D eigenvalue weighted by Gasteiger charge is -2.19. The molecule has 0 saturated heterocycles. The molecule has 4 heteroatoms. The molecular formula is C16H20ClNO2. The number of carbonyl (C=O) groups excluding carboxylic acids is 1. The molecule has 108 valence electrons. The molecule has 0 radical (unpaired) electrons. The molecule has 1 aromatic rings. The lowest BCUT2D eigenvalue weighted by molar-refractivity contribution is -0.118. The van der Waals surface area contributed by atoms with Gasteiger partial charge in [0.25, 0.3) is 5.91 Å². The number of nitrogens with one attached hydrogen (secondary N) is 1. The number of carbonyl (C=O) groups is 1. The summed E-state index contributed by atoms with van der Waals surface area (Å²) < 4.78 is 5.58. The zero-order valence-electron chi connectivity index (χ0n) is 11.9. The molecule has 1 aromatic carbocycles. The van der Waals surface area contributed by atoms with Gasteiger partial charge in [0.05, 0.1) is 5.57 Å². The van der Waals surface area contributed by atoms with Gasteiger partial charge >= 0.3 is 0 Å². The van der Waals surface area contributed by atoms with E-state index in [1.165, 1.54) is 0 Å². The standard InChI is InChI=1S/C16H20ClNO2/c1-3-11(4-2)9-18-16(19)13-7-12-8-14(17)5-6-15(12)20-10-13/h5-8,11H,3-4,9-10H2,1-2H3,(H,18,19). The highest BCUT2D eigenvalue weighted by Gasteiger charge is 2.17. The van der Waals surface area contributed by atoms with Gasteiger partial charge in [-0.1, -0.05) is 38.3 Å². The van der Waals surface area contributed by atoms with Gasteiger partial charge in [-0.05, 0) is 30.2 Å². The minimum absolute atomic E-state index is 0.0532. The Morgan fingerprint density at radius 3 is 2.85 bits per heavy atom. The van der Waals surface area contributed by atoms with E-state index in [1.807, 2.05) is 18.2 Å². The Balaban J connectivity index is 2.04. The van der Waals surface area contributed by atoms with E-state index in [-0.39, 0.29) is 5.91 Å². The predicted molar refractivity (Wildman–Crippen MR) is 82.0 cm³/mol. The summed E-state index contributed by atoms with van der Waals surface area (Å²) >= 11 is 5.96. The molecule has 1 amide bonds. The van der Waals surface area contributed by atoms with E-state index in [2.05, 4.69) is 19.2 Å². The van der Waals surface area contributed by atoms with Crippen molar-refractivity contribution in [2.24, 2.45) is 5.92 Å². The van der Waals surface area contributed by atoms with E-state index in [9.17, 15) is 4.79 Å². The number of amides is 1. The van der Waals surface area contributed by atoms with Crippen molar-refractivity contribution < 1.29 is 9.53 Å². The lowest BCUT2D eigenvalue weighted by atomic mass is 10.0. The molecule has 0 unspecified atom stereocenters. The number of fused-ring (bicyclic) bond motifs is 1. The zero-order valence-corrected chi connectivity index (χ0v) is 12.7. The molecule has 2 rings (SSSR count). The van der Waals surface area contributed by atoms with Gasteiger partial charge in [-0.3, -0.25) is 4.79 Å². The molecule has 1 aliphatic rings. The molecule has 0 saturated carbocycles. The normalized spacial score (nSPS) is 13.5. The first-order valence-corrected chi connectivity index (χ1v) is 7.43. The van der Waals surface area contributed by atoms with Gasteiger partial charge in [0.15, 0.2) is 0 Å². The molecule has 1 aliphatic heterocycles. The predicted octanol–water partition coefficient (Wildman–Crippen LogP) is 3.67. The maximum atomic E-state index is 12.1. The third kappa shape index (κ3) is 3.54. The van der Waals surface area contributed by atoms with Crippen molar-refractivity contribution in [1.29, 1.82) is 0 Å². The molecule has 0 atom stereocenters. The Labute approximate surface area is 125 Å². The molecule has 0 bridgehead atoms. The summed E-state index contributed by atoms with van der Waals surface area (Å²) in [5.41, 5.74) is 1.50. The van der Waals surface area contributed by atoms with E-state index in [4.69, 9.17) is 16.3 Å². The van der Waals surface area contributed by atoms with Crippen LogP contribution < -0.4 is 10.1 Å². The number of ether oxygens (including phenoxy) is 1. The van der Waals surface area contributed by atoms with Crippen LogP contribution in [0.4, 0.5) is 0 Å². The molecule has 3 nitrogen and oxygen atoms in total. The van der Waals surface area contributed by atoms with Crippen molar-refractivity contribution in [1.82, 2.24) is 5.32 Å². The van der Waals surface area contributed by atoms with Crippen LogP contribution in [0.25, 0.3) is 6.08 Å². The summed E-state index contributed by atoms with van der Waals surface area (Å²) in [5, 5.41) is 3.62. The fourth-order valence-corrected chi connectivity index (χ4v) is 2.39. The van der Waals surface area contributed by atoms with Crippen LogP contribution in [-0.4, -0.2) is 19.1 Å². The van der Waals surface area contributed by atoms with Crippen molar-refractivity contribution in [2.75, 3.05) is 13.2 Å². The van der Waals surface area contributed by atoms with Crippen LogP contribution in [0, 0.1) is 5.92 Å². The van der Waals surface area contributed by atoms with Gasteiger partial charge in [-0.15, -0.1) is 0 Å². The summed E-state index contributed by atoms with van der Waals surface area (Å²) in [6.07, 6.45) is 4.00. The Morgan fingerprint density at radius 2 is 2.15 bits per heavy atom. The zero-order chi connectivity index (χ0) is 14.5. The Kier molecular flexibility index (Phi) is 5.07. The first-order chi connectivity index (χ1) is 9.63. The minimum Gasteiger partial charge on any atom is -0.488 e. The van der Waals surface area contributed by atoms with E-state index >= 15 is 0 Å². The maximum absolute atomic E-state index is 12.1. The summed E-state index contributed by atoms with van der Waals surface area (Å²) in [4.78, 5) is 12.1. The Hall–Kier alpha value is -1.48. The third-order valence-electron chi connectivity index (χ3n) is 3.68. The van der Waals surface area contributed by atoms with Gasteiger partial charge in [-0.25, -0.2) is 0 Å². The first-order valence-electron chi connectivity index (χ1n) is 7.05. The monoisotopic (exact) mass is 293 g/mol. The van der Waals surface area contributed by atoms with Crippen LogP contribution in [-0.2, 0) is 4.79 Å². The molecule has 0 aliphatic carbocycles. The van der Waals surface area contributed by atoms with E-state index in [0.717, 1.165) is 24.2 Å². The van der Waals surface area contributed by atoms with E-state index in [1.54, 1.807) is 6.07 Å². The average Bonchev–Trinajstić information content (AvgIpc) is 2.47. The highest BCUT2D eigenvalue weighted by atomic mass is 35.5. The largest absolute Gasteiger partial charge is 0.488 e. The van der Waals surface area contributed by atoms with E-state index < -0.39 is 0 Å². The maximum Gasteiger partial charge on any atom is 0.250 e. The van der Waals surface area contributed by atoms with Gasteiger partial charge in [0.1, 0.15) is 12.4 Å². The van der Waals surface area contributed by atoms with E-state index in [0.29, 0.717) is 29.7 Å². The number of halogens is 1. The highest BCUT2D eigenvalue weighted by molar-refractivity contribution is 6.30. The Bertz CT molecular complexity index is 521. The first kappa shape index (κ1) is 14.9. The van der Waals surface area contributed by atoms with Gasteiger partial charge in [0.2, 0.25) is 0 Å². The average molecular weight is 294 g/mol. The summed E-state index contributed by atoms with van der Waals surface area (Å²) in [6, 6.07) is 5.42. The van der Waals surface area contributed by atoms with Crippen molar-refractivity contribution >= 4 is 23.6 Å². The second-order valence-corrected chi connectivity index (χ2v) is 5.47. The van der Waals surface area contributed by atoms with Crippen LogP contribution in [0.15, 0.2) is 23.8 Å². The minimum atomic E-state index is -0.0532. The van der Waals surface area contributed by atoms with Crippen molar-refractivity contribution in [3.05, 3.63) is 34.4 Å². The number of rotatable bonds is 5. The van der Waals surface area contributed by atoms with Crippen molar-refractivity contribution in [3.8, 4) is 5.75 Å². The lowest BCUT2D eigenvalue weighted by Crippen LogP contribution is -2.32. The molecule has 1 N–H and O–H groups in total. The number of benzene rings is 1. The SMILES string of the molecule is CCC(CC)CNC(=O)C1=Cc2cc(Cl)ccc2OC1. The van der Waals surface area contributed by atoms with Gasteiger partial charge in [0, 0.05) is 17.1 Å². The fraction of sp³-hybridized carbons (Fsp3) is 0.438. The molecule has 0 fully saturated rings. The molecule has 0 spiro atoms. The quantitative estimate of drug-likeness (QED) is 0.899. The molecular weight excluding hydrogens is 274 g/mol. The number of hydrogen-bond acceptors (Lipinski definition) is 2. The second-order valence-electron chi connectivity index (χ2n) is 5.03. The summed E-state index contributed by atoms with van der Waals surface area (Å²) in [7, 11) is 0. The summed E-state index contributed by atoms with van der Waals surface area (Å²) in [5.74, 6) is 1.25. The number of hydrogen-bond donors (Lipinski definition) is 1. The summed E-state index contributed by atoms with van der Waals surface area (Å²) in [6.45, 7) is 5.30. The van der Waals surface area contributed by atoms with Crippen LogP contribution in [0.2, 0.25) is 5.02 Å². The molecule has 20 heavy (non-hydrogen) atoms. The van der Waals surface area contributed by atoms with Crippen molar-refractivity contribution in [3.63, 3.8) is 0 Å². The Morgan fingerprint density at radius 1 is 1.40 bits per heavy atom. The van der Waals surface area contributed by atoms with Crippen LogP contribution in [0.3, 0.4) is 0 Å².